The largest absolute Gasteiger partial charge is 0.445 e. The first-order valence-corrected chi connectivity index (χ1v) is 17.8. The summed E-state index contributed by atoms with van der Waals surface area (Å²) in [5.74, 6) is -1.16. The number of rotatable bonds is 25. The fourth-order valence-corrected chi connectivity index (χ4v) is 4.96. The van der Waals surface area contributed by atoms with Gasteiger partial charge in [-0.15, -0.1) is 0 Å². The van der Waals surface area contributed by atoms with E-state index in [4.69, 9.17) is 15.2 Å². The van der Waals surface area contributed by atoms with Crippen LogP contribution < -0.4 is 37.6 Å². The SMILES string of the molecule is CCCCCC(=O)NC(C)(C)CCOC(C)(C)CCNC(=O)OCc1ccc(NC(=O)[C@H](CCCNC(N)=O)NC(=O)[C@@H](NC=O)C(C)C)cc1. The first-order valence-electron chi connectivity index (χ1n) is 17.8. The van der Waals surface area contributed by atoms with Crippen LogP contribution in [0.4, 0.5) is 15.3 Å². The summed E-state index contributed by atoms with van der Waals surface area (Å²) in [6.07, 6.45) is 5.14. The van der Waals surface area contributed by atoms with Gasteiger partial charge in [-0.25, -0.2) is 9.59 Å². The number of nitrogens with two attached hydrogens (primary N) is 1. The van der Waals surface area contributed by atoms with Gasteiger partial charge in [0.2, 0.25) is 24.1 Å². The van der Waals surface area contributed by atoms with E-state index in [9.17, 15) is 28.8 Å². The second kappa shape index (κ2) is 23.1. The Morgan fingerprint density at radius 1 is 0.902 bits per heavy atom. The molecule has 0 aliphatic rings. The monoisotopic (exact) mass is 719 g/mol. The van der Waals surface area contributed by atoms with Crippen molar-refractivity contribution in [2.24, 2.45) is 11.7 Å². The van der Waals surface area contributed by atoms with Gasteiger partial charge in [-0.3, -0.25) is 19.2 Å². The number of benzene rings is 1. The molecule has 51 heavy (non-hydrogen) atoms. The smallest absolute Gasteiger partial charge is 0.407 e. The van der Waals surface area contributed by atoms with Crippen molar-refractivity contribution in [3.8, 4) is 0 Å². The molecule has 288 valence electrons. The van der Waals surface area contributed by atoms with Gasteiger partial charge in [0.05, 0.1) is 5.60 Å². The summed E-state index contributed by atoms with van der Waals surface area (Å²) in [5.41, 5.74) is 5.36. The van der Waals surface area contributed by atoms with Crippen LogP contribution in [0.1, 0.15) is 105 Å². The minimum absolute atomic E-state index is 0.00503. The highest BCUT2D eigenvalue weighted by atomic mass is 16.5. The summed E-state index contributed by atoms with van der Waals surface area (Å²) in [6, 6.07) is 4.20. The number of carbonyl (C=O) groups is 6. The molecular formula is C36H61N7O8. The summed E-state index contributed by atoms with van der Waals surface area (Å²) in [7, 11) is 0. The topological polar surface area (TPSA) is 219 Å². The second-order valence-electron chi connectivity index (χ2n) is 14.2. The summed E-state index contributed by atoms with van der Waals surface area (Å²) in [4.78, 5) is 72.5. The van der Waals surface area contributed by atoms with Gasteiger partial charge in [-0.2, -0.15) is 0 Å². The van der Waals surface area contributed by atoms with Crippen molar-refractivity contribution in [1.82, 2.24) is 26.6 Å². The maximum absolute atomic E-state index is 13.1. The molecule has 15 nitrogen and oxygen atoms in total. The molecule has 7 amide bonds. The van der Waals surface area contributed by atoms with Gasteiger partial charge in [-0.1, -0.05) is 45.7 Å². The molecule has 2 atom stereocenters. The maximum atomic E-state index is 13.1. The molecular weight excluding hydrogens is 658 g/mol. The average molecular weight is 720 g/mol. The number of amides is 7. The van der Waals surface area contributed by atoms with Crippen molar-refractivity contribution in [2.75, 3.05) is 25.0 Å². The van der Waals surface area contributed by atoms with Gasteiger partial charge in [0.15, 0.2) is 0 Å². The van der Waals surface area contributed by atoms with Crippen LogP contribution in [0, 0.1) is 5.92 Å². The van der Waals surface area contributed by atoms with Crippen LogP contribution in [-0.4, -0.2) is 79.2 Å². The van der Waals surface area contributed by atoms with Crippen molar-refractivity contribution >= 4 is 41.9 Å². The lowest BCUT2D eigenvalue weighted by molar-refractivity contribution is -0.130. The molecule has 1 aromatic carbocycles. The van der Waals surface area contributed by atoms with E-state index >= 15 is 0 Å². The molecule has 0 saturated carbocycles. The van der Waals surface area contributed by atoms with Crippen LogP contribution in [0.2, 0.25) is 0 Å². The van der Waals surface area contributed by atoms with Crippen molar-refractivity contribution in [3.63, 3.8) is 0 Å². The Morgan fingerprint density at radius 2 is 1.59 bits per heavy atom. The van der Waals surface area contributed by atoms with Gasteiger partial charge >= 0.3 is 12.1 Å². The van der Waals surface area contributed by atoms with Crippen molar-refractivity contribution in [1.29, 1.82) is 0 Å². The molecule has 0 fully saturated rings. The predicted molar refractivity (Wildman–Crippen MR) is 195 cm³/mol. The van der Waals surface area contributed by atoms with Gasteiger partial charge in [0.1, 0.15) is 18.7 Å². The quantitative estimate of drug-likeness (QED) is 0.0583. The van der Waals surface area contributed by atoms with Crippen LogP contribution in [0.15, 0.2) is 24.3 Å². The van der Waals surface area contributed by atoms with Crippen LogP contribution >= 0.6 is 0 Å². The molecule has 0 bridgehead atoms. The van der Waals surface area contributed by atoms with Gasteiger partial charge in [0, 0.05) is 37.3 Å². The third kappa shape index (κ3) is 20.1. The summed E-state index contributed by atoms with van der Waals surface area (Å²) >= 11 is 0. The van der Waals surface area contributed by atoms with E-state index in [-0.39, 0.29) is 36.9 Å². The molecule has 0 aliphatic carbocycles. The highest BCUT2D eigenvalue weighted by molar-refractivity contribution is 5.98. The number of ether oxygens (including phenoxy) is 2. The number of hydrogen-bond acceptors (Lipinski definition) is 8. The highest BCUT2D eigenvalue weighted by Gasteiger charge is 2.27. The lowest BCUT2D eigenvalue weighted by atomic mass is 10.00. The first kappa shape index (κ1) is 44.6. The fraction of sp³-hybridized carbons (Fsp3) is 0.667. The molecule has 0 saturated heterocycles. The molecule has 0 radical (unpaired) electrons. The zero-order chi connectivity index (χ0) is 38.5. The van der Waals surface area contributed by atoms with Crippen LogP contribution in [0.3, 0.4) is 0 Å². The van der Waals surface area contributed by atoms with Crippen molar-refractivity contribution in [3.05, 3.63) is 29.8 Å². The number of unbranched alkanes of at least 4 members (excludes halogenated alkanes) is 2. The number of hydrogen-bond donors (Lipinski definition) is 7. The number of alkyl carbamates (subject to hydrolysis) is 1. The molecule has 8 N–H and O–H groups in total. The Balaban J connectivity index is 2.56. The van der Waals surface area contributed by atoms with E-state index in [1.165, 1.54) is 0 Å². The number of carbonyl (C=O) groups excluding carboxylic acids is 6. The normalized spacial score (nSPS) is 12.6. The zero-order valence-electron chi connectivity index (χ0n) is 31.4. The second-order valence-corrected chi connectivity index (χ2v) is 14.2. The number of urea groups is 1. The Kier molecular flexibility index (Phi) is 20.3. The Morgan fingerprint density at radius 3 is 2.20 bits per heavy atom. The molecule has 0 aromatic heterocycles. The average Bonchev–Trinajstić information content (AvgIpc) is 3.03. The van der Waals surface area contributed by atoms with E-state index in [1.54, 1.807) is 38.1 Å². The summed E-state index contributed by atoms with van der Waals surface area (Å²) in [6.45, 7) is 14.5. The van der Waals surface area contributed by atoms with Gasteiger partial charge in [-0.05, 0) is 83.4 Å². The Hall–Kier alpha value is -4.40. The molecule has 0 heterocycles. The highest BCUT2D eigenvalue weighted by Crippen LogP contribution is 2.18. The van der Waals surface area contributed by atoms with Crippen LogP contribution in [-0.2, 0) is 35.3 Å². The van der Waals surface area contributed by atoms with E-state index in [0.717, 1.165) is 19.3 Å². The molecule has 15 heteroatoms. The first-order chi connectivity index (χ1) is 24.0. The standard InChI is InChI=1S/C36H61N7O8/c1-8-9-10-13-29(45)43-35(4,5)19-22-51-36(6,7)18-21-39-34(49)50-23-26-14-16-27(17-15-26)41-31(46)28(12-11-20-38-33(37)48)42-32(47)30(25(2)3)40-24-44/h14-17,24-25,28,30H,8-13,18-23H2,1-7H3,(H,39,49)(H,40,44)(H,41,46)(H,42,47)(H,43,45)(H3,37,38,48)/t28-,30-/m0/s1. The van der Waals surface area contributed by atoms with E-state index in [2.05, 4.69) is 38.8 Å². The molecule has 0 spiro atoms. The van der Waals surface area contributed by atoms with E-state index in [1.807, 2.05) is 27.7 Å². The number of primary amides is 1. The van der Waals surface area contributed by atoms with E-state index < -0.39 is 41.6 Å². The zero-order valence-corrected chi connectivity index (χ0v) is 31.4. The number of anilines is 1. The third-order valence-corrected chi connectivity index (χ3v) is 8.09. The Labute approximate surface area is 302 Å². The third-order valence-electron chi connectivity index (χ3n) is 8.09. The lowest BCUT2D eigenvalue weighted by Crippen LogP contribution is -2.53. The summed E-state index contributed by atoms with van der Waals surface area (Å²) in [5, 5.41) is 16.2. The molecule has 1 rings (SSSR count). The Bertz CT molecular complexity index is 1250. The fourth-order valence-electron chi connectivity index (χ4n) is 4.96. The predicted octanol–water partition coefficient (Wildman–Crippen LogP) is 3.61. The van der Waals surface area contributed by atoms with Gasteiger partial charge in [0.25, 0.3) is 0 Å². The van der Waals surface area contributed by atoms with Crippen molar-refractivity contribution < 1.29 is 38.2 Å². The summed E-state index contributed by atoms with van der Waals surface area (Å²) < 4.78 is 11.4. The lowest BCUT2D eigenvalue weighted by Gasteiger charge is -2.30. The van der Waals surface area contributed by atoms with Crippen molar-refractivity contribution in [2.45, 2.75) is 130 Å². The molecule has 1 aromatic rings. The molecule has 0 unspecified atom stereocenters. The maximum Gasteiger partial charge on any atom is 0.407 e. The van der Waals surface area contributed by atoms with E-state index in [0.29, 0.717) is 56.5 Å². The van der Waals surface area contributed by atoms with Gasteiger partial charge < -0.3 is 47.1 Å². The van der Waals surface area contributed by atoms with Crippen LogP contribution in [0.25, 0.3) is 0 Å². The number of nitrogens with one attached hydrogen (secondary N) is 6. The minimum Gasteiger partial charge on any atom is -0.445 e. The molecule has 0 aliphatic heterocycles. The minimum atomic E-state index is -0.955. The van der Waals surface area contributed by atoms with Crippen LogP contribution in [0.5, 0.6) is 0 Å².